The number of aromatic nitrogens is 2. The average Bonchev–Trinajstić information content (AvgIpc) is 2.73. The summed E-state index contributed by atoms with van der Waals surface area (Å²) in [5.41, 5.74) is 1.23. The van der Waals surface area contributed by atoms with E-state index in [9.17, 15) is 12.8 Å². The summed E-state index contributed by atoms with van der Waals surface area (Å²) in [4.78, 5) is 0.133. The minimum absolute atomic E-state index is 0.0731. The van der Waals surface area contributed by atoms with E-state index in [1.54, 1.807) is 13.8 Å². The molecule has 0 saturated heterocycles. The lowest BCUT2D eigenvalue weighted by Gasteiger charge is -2.08. The van der Waals surface area contributed by atoms with Gasteiger partial charge in [-0.25, -0.2) is 17.5 Å². The molecule has 0 radical (unpaired) electrons. The molecular weight excluding hydrogens is 317 g/mol. The zero-order chi connectivity index (χ0) is 15.6. The van der Waals surface area contributed by atoms with E-state index < -0.39 is 15.8 Å². The highest BCUT2D eigenvalue weighted by Gasteiger charge is 2.21. The van der Waals surface area contributed by atoms with Gasteiger partial charge in [0.05, 0.1) is 11.4 Å². The van der Waals surface area contributed by atoms with Crippen molar-refractivity contribution in [1.82, 2.24) is 14.9 Å². The van der Waals surface area contributed by atoms with Crippen molar-refractivity contribution in [1.29, 1.82) is 0 Å². The molecule has 0 bridgehead atoms. The van der Waals surface area contributed by atoms with Crippen molar-refractivity contribution in [2.75, 3.05) is 6.54 Å². The van der Waals surface area contributed by atoms with Crippen LogP contribution in [0.1, 0.15) is 17.0 Å². The number of aromatic amines is 1. The first kappa shape index (κ1) is 15.9. The molecular formula is C13H15ClFN3O2S. The number of nitrogens with zero attached hydrogens (tertiary/aromatic N) is 1. The molecule has 0 spiro atoms. The van der Waals surface area contributed by atoms with Crippen molar-refractivity contribution in [2.45, 2.75) is 25.2 Å². The molecule has 1 heterocycles. The molecule has 114 valence electrons. The molecule has 5 nitrogen and oxygen atoms in total. The van der Waals surface area contributed by atoms with Gasteiger partial charge in [0, 0.05) is 11.6 Å². The zero-order valence-electron chi connectivity index (χ0n) is 11.6. The van der Waals surface area contributed by atoms with E-state index >= 15 is 0 Å². The molecule has 8 heteroatoms. The third-order valence-corrected chi connectivity index (χ3v) is 4.98. The van der Waals surface area contributed by atoms with E-state index in [1.165, 1.54) is 18.2 Å². The first-order valence-corrected chi connectivity index (χ1v) is 8.12. The Bertz CT molecular complexity index is 739. The second-order valence-corrected chi connectivity index (χ2v) is 6.79. The van der Waals surface area contributed by atoms with Gasteiger partial charge in [-0.1, -0.05) is 11.6 Å². The Morgan fingerprint density at radius 1 is 1.38 bits per heavy atom. The number of hydrogen-bond donors (Lipinski definition) is 2. The molecule has 0 aliphatic carbocycles. The fraction of sp³-hybridized carbons (Fsp3) is 0.308. The molecule has 0 aliphatic heterocycles. The molecule has 0 saturated carbocycles. The van der Waals surface area contributed by atoms with Gasteiger partial charge < -0.3 is 0 Å². The summed E-state index contributed by atoms with van der Waals surface area (Å²) in [6.45, 7) is 3.31. The van der Waals surface area contributed by atoms with E-state index in [0.717, 1.165) is 0 Å². The minimum atomic E-state index is -3.67. The maximum Gasteiger partial charge on any atom is 0.244 e. The Morgan fingerprint density at radius 3 is 2.71 bits per heavy atom. The number of halogens is 2. The average molecular weight is 332 g/mol. The van der Waals surface area contributed by atoms with Gasteiger partial charge in [-0.15, -0.1) is 0 Å². The van der Waals surface area contributed by atoms with Crippen LogP contribution in [0.4, 0.5) is 4.39 Å². The van der Waals surface area contributed by atoms with Crippen molar-refractivity contribution in [2.24, 2.45) is 0 Å². The van der Waals surface area contributed by atoms with Gasteiger partial charge in [-0.05, 0) is 44.0 Å². The van der Waals surface area contributed by atoms with Crippen LogP contribution in [0.2, 0.25) is 5.02 Å². The van der Waals surface area contributed by atoms with Gasteiger partial charge in [0.1, 0.15) is 10.7 Å². The molecule has 0 amide bonds. The number of sulfonamides is 1. The van der Waals surface area contributed by atoms with Crippen molar-refractivity contribution in [3.05, 3.63) is 46.0 Å². The smallest absolute Gasteiger partial charge is 0.244 e. The lowest BCUT2D eigenvalue weighted by Crippen LogP contribution is -2.27. The van der Waals surface area contributed by atoms with Gasteiger partial charge in [0.2, 0.25) is 10.0 Å². The highest BCUT2D eigenvalue weighted by Crippen LogP contribution is 2.17. The van der Waals surface area contributed by atoms with Gasteiger partial charge >= 0.3 is 0 Å². The van der Waals surface area contributed by atoms with Gasteiger partial charge in [0.25, 0.3) is 0 Å². The van der Waals surface area contributed by atoms with Crippen molar-refractivity contribution in [3.8, 4) is 0 Å². The highest BCUT2D eigenvalue weighted by atomic mass is 35.5. The summed E-state index contributed by atoms with van der Waals surface area (Å²) in [7, 11) is -3.67. The van der Waals surface area contributed by atoms with E-state index in [0.29, 0.717) is 22.0 Å². The molecule has 1 aromatic heterocycles. The van der Waals surface area contributed by atoms with Crippen LogP contribution in [0.5, 0.6) is 0 Å². The van der Waals surface area contributed by atoms with E-state index in [2.05, 4.69) is 14.9 Å². The van der Waals surface area contributed by atoms with Crippen LogP contribution >= 0.6 is 11.6 Å². The van der Waals surface area contributed by atoms with Crippen LogP contribution in [-0.4, -0.2) is 25.2 Å². The molecule has 0 aliphatic rings. The van der Waals surface area contributed by atoms with Crippen LogP contribution in [0.3, 0.4) is 0 Å². The Balaban J connectivity index is 2.08. The lowest BCUT2D eigenvalue weighted by molar-refractivity contribution is 0.576. The lowest BCUT2D eigenvalue weighted by atomic mass is 10.1. The molecule has 0 fully saturated rings. The van der Waals surface area contributed by atoms with E-state index in [1.807, 2.05) is 0 Å². The van der Waals surface area contributed by atoms with Crippen LogP contribution in [-0.2, 0) is 16.4 Å². The Hall–Kier alpha value is -1.44. The predicted octanol–water partition coefficient (Wildman–Crippen LogP) is 2.34. The number of nitrogens with one attached hydrogen (secondary N) is 2. The van der Waals surface area contributed by atoms with Crippen LogP contribution in [0, 0.1) is 19.7 Å². The molecule has 21 heavy (non-hydrogen) atoms. The Morgan fingerprint density at radius 2 is 2.10 bits per heavy atom. The summed E-state index contributed by atoms with van der Waals surface area (Å²) < 4.78 is 40.4. The van der Waals surface area contributed by atoms with Crippen LogP contribution in [0.25, 0.3) is 0 Å². The molecule has 0 unspecified atom stereocenters. The SMILES string of the molecule is Cc1n[nH]c(C)c1S(=O)(=O)NCCc1cc(Cl)ccc1F. The Kier molecular flexibility index (Phi) is 4.65. The van der Waals surface area contributed by atoms with Crippen LogP contribution < -0.4 is 4.72 Å². The summed E-state index contributed by atoms with van der Waals surface area (Å²) >= 11 is 5.79. The third-order valence-electron chi connectivity index (χ3n) is 3.02. The highest BCUT2D eigenvalue weighted by molar-refractivity contribution is 7.89. The summed E-state index contributed by atoms with van der Waals surface area (Å²) in [6, 6.07) is 4.19. The molecule has 0 atom stereocenters. The zero-order valence-corrected chi connectivity index (χ0v) is 13.1. The fourth-order valence-corrected chi connectivity index (χ4v) is 3.66. The van der Waals surface area contributed by atoms with Gasteiger partial charge in [-0.3, -0.25) is 5.10 Å². The third kappa shape index (κ3) is 3.61. The van der Waals surface area contributed by atoms with Crippen molar-refractivity contribution >= 4 is 21.6 Å². The summed E-state index contributed by atoms with van der Waals surface area (Å²) in [5, 5.41) is 6.89. The number of H-pyrrole nitrogens is 1. The number of hydrogen-bond acceptors (Lipinski definition) is 3. The maximum atomic E-state index is 13.5. The first-order valence-electron chi connectivity index (χ1n) is 6.26. The van der Waals surface area contributed by atoms with Gasteiger partial charge in [0.15, 0.2) is 0 Å². The number of rotatable bonds is 5. The standard InChI is InChI=1S/C13H15ClFN3O2S/c1-8-13(9(2)18-17-8)21(19,20)16-6-5-10-7-11(14)3-4-12(10)15/h3-4,7,16H,5-6H2,1-2H3,(H,17,18). The predicted molar refractivity (Wildman–Crippen MR) is 78.4 cm³/mol. The fourth-order valence-electron chi connectivity index (χ4n) is 2.06. The Labute approximate surface area is 127 Å². The molecule has 1 aromatic carbocycles. The largest absolute Gasteiger partial charge is 0.281 e. The second kappa shape index (κ2) is 6.13. The van der Waals surface area contributed by atoms with E-state index in [4.69, 9.17) is 11.6 Å². The van der Waals surface area contributed by atoms with Gasteiger partial charge in [-0.2, -0.15) is 5.10 Å². The van der Waals surface area contributed by atoms with Crippen LogP contribution in [0.15, 0.2) is 23.1 Å². The summed E-state index contributed by atoms with van der Waals surface area (Å²) in [5.74, 6) is -0.408. The quantitative estimate of drug-likeness (QED) is 0.883. The monoisotopic (exact) mass is 331 g/mol. The normalized spacial score (nSPS) is 11.8. The molecule has 2 N–H and O–H groups in total. The maximum absolute atomic E-state index is 13.5. The second-order valence-electron chi connectivity index (χ2n) is 4.65. The van der Waals surface area contributed by atoms with Crippen molar-refractivity contribution < 1.29 is 12.8 Å². The summed E-state index contributed by atoms with van der Waals surface area (Å²) in [6.07, 6.45) is 0.210. The minimum Gasteiger partial charge on any atom is -0.281 e. The van der Waals surface area contributed by atoms with Crippen molar-refractivity contribution in [3.63, 3.8) is 0 Å². The topological polar surface area (TPSA) is 74.8 Å². The van der Waals surface area contributed by atoms with E-state index in [-0.39, 0.29) is 17.9 Å². The number of benzene rings is 1. The first-order chi connectivity index (χ1) is 9.81. The molecule has 2 aromatic rings. The molecule has 2 rings (SSSR count). The number of aryl methyl sites for hydroxylation is 2.